The molecule has 2 saturated heterocycles. The number of halogens is 2. The number of alkyl halides is 2. The number of hydrogen-bond acceptors (Lipinski definition) is 6. The molecule has 3 heterocycles. The fraction of sp³-hybridized carbons (Fsp3) is 0.619. The molecule has 2 N–H and O–H groups in total. The lowest BCUT2D eigenvalue weighted by Gasteiger charge is -2.54. The molecule has 1 spiro atoms. The van der Waals surface area contributed by atoms with Crippen molar-refractivity contribution in [3.63, 3.8) is 0 Å². The molecule has 2 aromatic rings. The number of fused-ring (bicyclic) bond motifs is 1. The Morgan fingerprint density at radius 3 is 2.62 bits per heavy atom. The summed E-state index contributed by atoms with van der Waals surface area (Å²) in [7, 11) is 0. The molecule has 5 rings (SSSR count). The van der Waals surface area contributed by atoms with Gasteiger partial charge in [0.1, 0.15) is 0 Å². The van der Waals surface area contributed by atoms with E-state index in [-0.39, 0.29) is 5.56 Å². The highest BCUT2D eigenvalue weighted by Crippen LogP contribution is 2.54. The highest BCUT2D eigenvalue weighted by molar-refractivity contribution is 7.96. The van der Waals surface area contributed by atoms with Crippen molar-refractivity contribution >= 4 is 28.8 Å². The Morgan fingerprint density at radius 2 is 2.00 bits per heavy atom. The minimum Gasteiger partial charge on any atom is -0.351 e. The van der Waals surface area contributed by atoms with Gasteiger partial charge in [-0.3, -0.25) is 4.31 Å². The summed E-state index contributed by atoms with van der Waals surface area (Å²) in [6, 6.07) is 3.58. The minimum atomic E-state index is -2.48. The molecule has 1 aromatic heterocycles. The summed E-state index contributed by atoms with van der Waals surface area (Å²) in [5, 5.41) is 7.54. The summed E-state index contributed by atoms with van der Waals surface area (Å²) in [4.78, 5) is 9.25. The van der Waals surface area contributed by atoms with E-state index < -0.39 is 6.43 Å². The van der Waals surface area contributed by atoms with Crippen LogP contribution >= 0.6 is 11.9 Å². The van der Waals surface area contributed by atoms with Gasteiger partial charge in [0, 0.05) is 49.4 Å². The van der Waals surface area contributed by atoms with Crippen LogP contribution in [0, 0.1) is 5.41 Å². The maximum absolute atomic E-state index is 13.5. The highest BCUT2D eigenvalue weighted by Gasteiger charge is 2.49. The Hall–Kier alpha value is -1.51. The van der Waals surface area contributed by atoms with Crippen LogP contribution in [0.5, 0.6) is 0 Å². The van der Waals surface area contributed by atoms with Crippen LogP contribution in [-0.4, -0.2) is 52.7 Å². The molecule has 8 heteroatoms. The zero-order valence-electron chi connectivity index (χ0n) is 16.6. The number of benzene rings is 1. The molecule has 0 bridgehead atoms. The zero-order chi connectivity index (χ0) is 20.0. The summed E-state index contributed by atoms with van der Waals surface area (Å²) < 4.78 is 29.3. The summed E-state index contributed by atoms with van der Waals surface area (Å²) in [5.41, 5.74) is 2.27. The third kappa shape index (κ3) is 3.70. The molecule has 156 valence electrons. The number of nitrogens with zero attached hydrogens (tertiary/aromatic N) is 3. The maximum atomic E-state index is 13.5. The van der Waals surface area contributed by atoms with Gasteiger partial charge in [0.15, 0.2) is 0 Å². The van der Waals surface area contributed by atoms with Crippen LogP contribution in [0.3, 0.4) is 0 Å². The van der Waals surface area contributed by atoms with Crippen LogP contribution < -0.4 is 10.6 Å². The average Bonchev–Trinajstić information content (AvgIpc) is 2.66. The molecule has 0 unspecified atom stereocenters. The van der Waals surface area contributed by atoms with Crippen molar-refractivity contribution in [1.82, 2.24) is 19.6 Å². The third-order valence-corrected chi connectivity index (χ3v) is 7.71. The number of aromatic nitrogens is 2. The van der Waals surface area contributed by atoms with Crippen molar-refractivity contribution in [2.45, 2.75) is 44.1 Å². The van der Waals surface area contributed by atoms with Gasteiger partial charge in [0.25, 0.3) is 6.43 Å². The molecule has 1 aromatic carbocycles. The SMILES string of the molecule is CSN1CCC(Nc2ncc3cc(C(F)F)cc(C4CC5(CNC5)C4)c3n2)CC1. The molecular weight excluding hydrogens is 392 g/mol. The molecule has 3 aliphatic rings. The van der Waals surface area contributed by atoms with Crippen LogP contribution in [-0.2, 0) is 0 Å². The van der Waals surface area contributed by atoms with E-state index >= 15 is 0 Å². The Morgan fingerprint density at radius 1 is 1.24 bits per heavy atom. The predicted octanol–water partition coefficient (Wildman–Crippen LogP) is 4.19. The van der Waals surface area contributed by atoms with Crippen molar-refractivity contribution in [1.29, 1.82) is 0 Å². The van der Waals surface area contributed by atoms with Gasteiger partial charge in [-0.2, -0.15) is 0 Å². The number of anilines is 1. The summed E-state index contributed by atoms with van der Waals surface area (Å²) in [5.74, 6) is 0.927. The first-order valence-corrected chi connectivity index (χ1v) is 11.6. The lowest BCUT2D eigenvalue weighted by atomic mass is 9.56. The van der Waals surface area contributed by atoms with E-state index in [2.05, 4.69) is 26.2 Å². The van der Waals surface area contributed by atoms with Gasteiger partial charge in [0.05, 0.1) is 5.52 Å². The van der Waals surface area contributed by atoms with Crippen molar-refractivity contribution in [3.8, 4) is 0 Å². The van der Waals surface area contributed by atoms with Gasteiger partial charge in [0.2, 0.25) is 5.95 Å². The monoisotopic (exact) mass is 419 g/mol. The third-order valence-electron chi connectivity index (χ3n) is 6.83. The van der Waals surface area contributed by atoms with Gasteiger partial charge in [-0.05, 0) is 61.0 Å². The average molecular weight is 420 g/mol. The van der Waals surface area contributed by atoms with Crippen molar-refractivity contribution in [2.24, 2.45) is 5.41 Å². The van der Waals surface area contributed by atoms with Crippen molar-refractivity contribution < 1.29 is 8.78 Å². The van der Waals surface area contributed by atoms with Crippen LogP contribution in [0.4, 0.5) is 14.7 Å². The Labute approximate surface area is 174 Å². The maximum Gasteiger partial charge on any atom is 0.263 e. The zero-order valence-corrected chi connectivity index (χ0v) is 17.4. The molecule has 0 amide bonds. The lowest BCUT2D eigenvalue weighted by Crippen LogP contribution is -2.59. The molecule has 0 radical (unpaired) electrons. The quantitative estimate of drug-likeness (QED) is 0.709. The first-order valence-electron chi connectivity index (χ1n) is 10.4. The van der Waals surface area contributed by atoms with Crippen LogP contribution in [0.25, 0.3) is 10.9 Å². The van der Waals surface area contributed by atoms with Gasteiger partial charge in [-0.25, -0.2) is 18.7 Å². The normalized spacial score (nSPS) is 22.8. The van der Waals surface area contributed by atoms with Gasteiger partial charge in [-0.1, -0.05) is 11.9 Å². The second-order valence-electron chi connectivity index (χ2n) is 8.78. The summed E-state index contributed by atoms with van der Waals surface area (Å²) in [6.45, 7) is 4.19. The molecule has 2 aliphatic heterocycles. The first-order chi connectivity index (χ1) is 14.0. The summed E-state index contributed by atoms with van der Waals surface area (Å²) in [6.07, 6.45) is 5.56. The topological polar surface area (TPSA) is 53.1 Å². The van der Waals surface area contributed by atoms with Crippen LogP contribution in [0.1, 0.15) is 49.2 Å². The molecule has 5 nitrogen and oxygen atoms in total. The van der Waals surface area contributed by atoms with Crippen LogP contribution in [0.15, 0.2) is 18.3 Å². The first kappa shape index (κ1) is 19.5. The molecule has 1 saturated carbocycles. The fourth-order valence-corrected chi connectivity index (χ4v) is 5.62. The smallest absolute Gasteiger partial charge is 0.263 e. The van der Waals surface area contributed by atoms with Crippen molar-refractivity contribution in [2.75, 3.05) is 37.8 Å². The number of hydrogen-bond donors (Lipinski definition) is 2. The predicted molar refractivity (Wildman–Crippen MR) is 114 cm³/mol. The number of nitrogens with one attached hydrogen (secondary N) is 2. The molecule has 1 aliphatic carbocycles. The number of rotatable bonds is 5. The van der Waals surface area contributed by atoms with E-state index in [1.165, 1.54) is 0 Å². The highest BCUT2D eigenvalue weighted by atomic mass is 32.2. The Kier molecular flexibility index (Phi) is 5.12. The Bertz CT molecular complexity index is 888. The Balaban J connectivity index is 1.41. The summed E-state index contributed by atoms with van der Waals surface area (Å²) >= 11 is 1.79. The van der Waals surface area contributed by atoms with Gasteiger partial charge < -0.3 is 10.6 Å². The lowest BCUT2D eigenvalue weighted by molar-refractivity contribution is 0.0366. The molecule has 29 heavy (non-hydrogen) atoms. The fourth-order valence-electron chi connectivity index (χ4n) is 5.04. The largest absolute Gasteiger partial charge is 0.351 e. The van der Waals surface area contributed by atoms with E-state index in [0.717, 1.165) is 62.9 Å². The molecule has 3 fully saturated rings. The number of piperidine rings is 1. The molecule has 0 atom stereocenters. The van der Waals surface area contributed by atoms with Crippen LogP contribution in [0.2, 0.25) is 0 Å². The second kappa shape index (κ2) is 7.63. The standard InChI is InChI=1S/C21H27F2N5S/c1-29-28-4-2-16(3-5-28)26-20-25-10-14-6-13(19(22)23)7-17(18(14)27-20)15-8-21(9-15)11-24-12-21/h6-7,10,15-16,19,24H,2-5,8-9,11-12H2,1H3,(H,25,26,27). The molecular formula is C21H27F2N5S. The van der Waals surface area contributed by atoms with Gasteiger partial charge in [-0.15, -0.1) is 0 Å². The van der Waals surface area contributed by atoms with E-state index in [4.69, 9.17) is 4.98 Å². The van der Waals surface area contributed by atoms with E-state index in [1.54, 1.807) is 30.3 Å². The van der Waals surface area contributed by atoms with Crippen molar-refractivity contribution in [3.05, 3.63) is 29.5 Å². The van der Waals surface area contributed by atoms with E-state index in [1.807, 2.05) is 0 Å². The van der Waals surface area contributed by atoms with E-state index in [9.17, 15) is 8.78 Å². The van der Waals surface area contributed by atoms with E-state index in [0.29, 0.717) is 28.7 Å². The minimum absolute atomic E-state index is 0.0777. The second-order valence-corrected chi connectivity index (χ2v) is 9.66. The van der Waals surface area contributed by atoms with Gasteiger partial charge >= 0.3 is 0 Å².